The van der Waals surface area contributed by atoms with E-state index in [9.17, 15) is 13.2 Å². The van der Waals surface area contributed by atoms with Gasteiger partial charge in [-0.05, 0) is 25.1 Å². The van der Waals surface area contributed by atoms with Gasteiger partial charge in [-0.3, -0.25) is 4.79 Å². The lowest BCUT2D eigenvalue weighted by molar-refractivity contribution is -0.118. The van der Waals surface area contributed by atoms with E-state index >= 15 is 0 Å². The number of nitrogens with two attached hydrogens (primary N) is 1. The second-order valence-corrected chi connectivity index (χ2v) is 5.97. The van der Waals surface area contributed by atoms with Crippen LogP contribution in [0.5, 0.6) is 5.75 Å². The molecule has 0 fully saturated rings. The molecule has 0 saturated carbocycles. The number of carbonyl (C=O) groups is 1. The topological polar surface area (TPSA) is 111 Å². The quantitative estimate of drug-likeness (QED) is 0.700. The van der Waals surface area contributed by atoms with E-state index in [1.165, 1.54) is 18.2 Å². The normalized spacial score (nSPS) is 16.2. The number of fused-ring (bicyclic) bond motifs is 1. The molecular weight excluding hydrogens is 270 g/mol. The van der Waals surface area contributed by atoms with Crippen molar-refractivity contribution in [2.45, 2.75) is 17.9 Å². The third-order valence-electron chi connectivity index (χ3n) is 2.60. The highest BCUT2D eigenvalue weighted by atomic mass is 32.2. The summed E-state index contributed by atoms with van der Waals surface area (Å²) in [6.45, 7) is 1.80. The molecule has 0 saturated heterocycles. The molecule has 104 valence electrons. The van der Waals surface area contributed by atoms with E-state index in [1.54, 1.807) is 6.92 Å². The van der Waals surface area contributed by atoms with Crippen LogP contribution in [0.4, 0.5) is 5.69 Å². The Morgan fingerprint density at radius 1 is 1.53 bits per heavy atom. The third kappa shape index (κ3) is 3.03. The number of benzene rings is 1. The van der Waals surface area contributed by atoms with Crippen LogP contribution >= 0.6 is 0 Å². The van der Waals surface area contributed by atoms with E-state index < -0.39 is 10.0 Å². The van der Waals surface area contributed by atoms with Crippen LogP contribution in [-0.2, 0) is 14.8 Å². The van der Waals surface area contributed by atoms with Crippen LogP contribution in [-0.4, -0.2) is 33.5 Å². The second-order valence-electron chi connectivity index (χ2n) is 4.25. The highest BCUT2D eigenvalue weighted by Gasteiger charge is 2.21. The lowest BCUT2D eigenvalue weighted by Crippen LogP contribution is -2.37. The van der Waals surface area contributed by atoms with Gasteiger partial charge in [-0.2, -0.15) is 0 Å². The van der Waals surface area contributed by atoms with Gasteiger partial charge in [0.15, 0.2) is 6.61 Å². The first kappa shape index (κ1) is 13.8. The van der Waals surface area contributed by atoms with Crippen molar-refractivity contribution in [2.24, 2.45) is 5.73 Å². The second kappa shape index (κ2) is 5.16. The highest BCUT2D eigenvalue weighted by molar-refractivity contribution is 7.89. The number of hydrogen-bond donors (Lipinski definition) is 3. The molecule has 1 amide bonds. The van der Waals surface area contributed by atoms with E-state index in [4.69, 9.17) is 10.5 Å². The van der Waals surface area contributed by atoms with Gasteiger partial charge in [0.1, 0.15) is 5.75 Å². The molecule has 1 aliphatic rings. The summed E-state index contributed by atoms with van der Waals surface area (Å²) < 4.78 is 31.7. The molecule has 4 N–H and O–H groups in total. The minimum absolute atomic E-state index is 0.0531. The predicted octanol–water partition coefficient (Wildman–Crippen LogP) is -0.357. The summed E-state index contributed by atoms with van der Waals surface area (Å²) >= 11 is 0. The Hall–Kier alpha value is -1.64. The molecule has 19 heavy (non-hydrogen) atoms. The Morgan fingerprint density at radius 2 is 2.26 bits per heavy atom. The number of hydrogen-bond acceptors (Lipinski definition) is 5. The molecular formula is C11H15N3O4S. The van der Waals surface area contributed by atoms with Crippen LogP contribution in [0.3, 0.4) is 0 Å². The average molecular weight is 285 g/mol. The molecule has 0 aromatic heterocycles. The van der Waals surface area contributed by atoms with E-state index in [-0.39, 0.29) is 30.0 Å². The summed E-state index contributed by atoms with van der Waals surface area (Å²) in [5, 5.41) is 2.56. The fourth-order valence-corrected chi connectivity index (χ4v) is 2.89. The summed E-state index contributed by atoms with van der Waals surface area (Å²) in [7, 11) is -3.66. The Labute approximate surface area is 111 Å². The number of rotatable bonds is 4. The van der Waals surface area contributed by atoms with E-state index in [1.807, 2.05) is 0 Å². The van der Waals surface area contributed by atoms with E-state index in [0.29, 0.717) is 11.4 Å². The number of anilines is 1. The maximum atomic E-state index is 12.0. The largest absolute Gasteiger partial charge is 0.482 e. The molecule has 0 spiro atoms. The van der Waals surface area contributed by atoms with Crippen molar-refractivity contribution in [3.63, 3.8) is 0 Å². The van der Waals surface area contributed by atoms with Crippen LogP contribution in [0.25, 0.3) is 0 Å². The third-order valence-corrected chi connectivity index (χ3v) is 4.19. The first-order valence-corrected chi connectivity index (χ1v) is 7.20. The molecule has 1 heterocycles. The fraction of sp³-hybridized carbons (Fsp3) is 0.364. The van der Waals surface area contributed by atoms with Crippen LogP contribution in [0, 0.1) is 0 Å². The number of sulfonamides is 1. The zero-order valence-electron chi connectivity index (χ0n) is 10.3. The van der Waals surface area contributed by atoms with Gasteiger partial charge in [-0.1, -0.05) is 0 Å². The van der Waals surface area contributed by atoms with E-state index in [2.05, 4.69) is 10.0 Å². The van der Waals surface area contributed by atoms with Gasteiger partial charge in [0.2, 0.25) is 10.0 Å². The van der Waals surface area contributed by atoms with Gasteiger partial charge in [-0.15, -0.1) is 0 Å². The molecule has 7 nitrogen and oxygen atoms in total. The minimum atomic E-state index is -3.66. The summed E-state index contributed by atoms with van der Waals surface area (Å²) in [6, 6.07) is 3.92. The number of carbonyl (C=O) groups excluding carboxylic acids is 1. The number of ether oxygens (including phenoxy) is 1. The molecule has 0 bridgehead atoms. The van der Waals surface area contributed by atoms with Crippen LogP contribution in [0.1, 0.15) is 6.92 Å². The fourth-order valence-electron chi connectivity index (χ4n) is 1.61. The molecule has 2 rings (SSSR count). The summed E-state index contributed by atoms with van der Waals surface area (Å²) in [5.74, 6) is 0.135. The maximum Gasteiger partial charge on any atom is 0.262 e. The average Bonchev–Trinajstić information content (AvgIpc) is 2.37. The zero-order valence-corrected chi connectivity index (χ0v) is 11.2. The van der Waals surface area contributed by atoms with Crippen LogP contribution in [0.2, 0.25) is 0 Å². The number of nitrogens with one attached hydrogen (secondary N) is 2. The predicted molar refractivity (Wildman–Crippen MR) is 69.4 cm³/mol. The molecule has 1 atom stereocenters. The van der Waals surface area contributed by atoms with Crippen LogP contribution in [0.15, 0.2) is 23.1 Å². The van der Waals surface area contributed by atoms with Gasteiger partial charge in [0.05, 0.1) is 10.6 Å². The molecule has 8 heteroatoms. The van der Waals surface area contributed by atoms with Gasteiger partial charge in [0, 0.05) is 12.6 Å². The van der Waals surface area contributed by atoms with Crippen molar-refractivity contribution in [1.29, 1.82) is 0 Å². The molecule has 0 radical (unpaired) electrons. The van der Waals surface area contributed by atoms with Gasteiger partial charge < -0.3 is 15.8 Å². The Morgan fingerprint density at radius 3 is 2.95 bits per heavy atom. The maximum absolute atomic E-state index is 12.0. The van der Waals surface area contributed by atoms with Crippen LogP contribution < -0.4 is 20.5 Å². The molecule has 1 aromatic rings. The summed E-state index contributed by atoms with van der Waals surface area (Å²) in [4.78, 5) is 11.2. The lowest BCUT2D eigenvalue weighted by atomic mass is 10.2. The monoisotopic (exact) mass is 285 g/mol. The first-order chi connectivity index (χ1) is 8.92. The standard InChI is InChI=1S/C11H15N3O4S/c1-7(5-12)14-19(16,17)8-2-3-10-9(4-8)13-11(15)6-18-10/h2-4,7,14H,5-6,12H2,1H3,(H,13,15). The van der Waals surface area contributed by atoms with Crippen molar-refractivity contribution >= 4 is 21.6 Å². The Bertz CT molecular complexity index is 600. The van der Waals surface area contributed by atoms with Crippen molar-refractivity contribution in [2.75, 3.05) is 18.5 Å². The first-order valence-electron chi connectivity index (χ1n) is 5.71. The minimum Gasteiger partial charge on any atom is -0.482 e. The van der Waals surface area contributed by atoms with Gasteiger partial charge in [0.25, 0.3) is 5.91 Å². The SMILES string of the molecule is CC(CN)NS(=O)(=O)c1ccc2c(c1)NC(=O)CO2. The van der Waals surface area contributed by atoms with Crippen molar-refractivity contribution < 1.29 is 17.9 Å². The zero-order chi connectivity index (χ0) is 14.0. The van der Waals surface area contributed by atoms with Gasteiger partial charge >= 0.3 is 0 Å². The van der Waals surface area contributed by atoms with Gasteiger partial charge in [-0.25, -0.2) is 13.1 Å². The summed E-state index contributed by atoms with van der Waals surface area (Å²) in [5.41, 5.74) is 5.73. The Balaban J connectivity index is 2.31. The molecule has 0 aliphatic carbocycles. The van der Waals surface area contributed by atoms with Crippen molar-refractivity contribution in [3.8, 4) is 5.75 Å². The highest BCUT2D eigenvalue weighted by Crippen LogP contribution is 2.29. The molecule has 1 aliphatic heterocycles. The number of amides is 1. The lowest BCUT2D eigenvalue weighted by Gasteiger charge is -2.19. The van der Waals surface area contributed by atoms with Crippen molar-refractivity contribution in [3.05, 3.63) is 18.2 Å². The molecule has 1 aromatic carbocycles. The Kier molecular flexibility index (Phi) is 3.74. The van der Waals surface area contributed by atoms with E-state index in [0.717, 1.165) is 0 Å². The summed E-state index contributed by atoms with van der Waals surface area (Å²) in [6.07, 6.45) is 0. The smallest absolute Gasteiger partial charge is 0.262 e. The molecule has 1 unspecified atom stereocenters. The van der Waals surface area contributed by atoms with Crippen molar-refractivity contribution in [1.82, 2.24) is 4.72 Å².